The molecule has 0 saturated carbocycles. The van der Waals surface area contributed by atoms with Crippen LogP contribution in [0.1, 0.15) is 31.7 Å². The fraction of sp³-hybridized carbons (Fsp3) is 0.600. The van der Waals surface area contributed by atoms with Crippen molar-refractivity contribution < 1.29 is 22.7 Å². The first-order chi connectivity index (χ1) is 13.9. The van der Waals surface area contributed by atoms with E-state index in [0.717, 1.165) is 36.9 Å². The van der Waals surface area contributed by atoms with Gasteiger partial charge in [0, 0.05) is 51.9 Å². The summed E-state index contributed by atoms with van der Waals surface area (Å²) in [5, 5.41) is 0. The molecule has 0 aliphatic carbocycles. The lowest BCUT2D eigenvalue weighted by Gasteiger charge is -2.35. The van der Waals surface area contributed by atoms with Crippen LogP contribution in [0.2, 0.25) is 0 Å². The van der Waals surface area contributed by atoms with Gasteiger partial charge in [-0.1, -0.05) is 0 Å². The number of ether oxygens (including phenoxy) is 1. The monoisotopic (exact) mass is 421 g/mol. The molecule has 3 heterocycles. The van der Waals surface area contributed by atoms with Gasteiger partial charge in [-0.05, 0) is 49.4 Å². The van der Waals surface area contributed by atoms with Crippen LogP contribution in [0.15, 0.2) is 23.1 Å². The maximum Gasteiger partial charge on any atom is 0.251 e. The van der Waals surface area contributed by atoms with Crippen molar-refractivity contribution in [2.45, 2.75) is 43.6 Å². The van der Waals surface area contributed by atoms with E-state index in [4.69, 9.17) is 4.74 Å². The van der Waals surface area contributed by atoms with Gasteiger partial charge in [0.2, 0.25) is 15.9 Å². The van der Waals surface area contributed by atoms with Crippen LogP contribution in [-0.2, 0) is 30.8 Å². The minimum absolute atomic E-state index is 0.0300. The van der Waals surface area contributed by atoms with Gasteiger partial charge >= 0.3 is 0 Å². The number of hydrogen-bond donors (Lipinski definition) is 0. The molecule has 158 valence electrons. The summed E-state index contributed by atoms with van der Waals surface area (Å²) in [6, 6.07) is 5.02. The molecule has 0 bridgehead atoms. The third-order valence-corrected chi connectivity index (χ3v) is 7.84. The van der Waals surface area contributed by atoms with Crippen LogP contribution in [0.4, 0.5) is 5.69 Å². The first kappa shape index (κ1) is 20.3. The van der Waals surface area contributed by atoms with E-state index in [1.165, 1.54) is 11.2 Å². The van der Waals surface area contributed by atoms with E-state index in [1.807, 2.05) is 0 Å². The van der Waals surface area contributed by atoms with E-state index in [1.54, 1.807) is 28.0 Å². The molecule has 3 aliphatic heterocycles. The summed E-state index contributed by atoms with van der Waals surface area (Å²) in [7, 11) is -3.64. The van der Waals surface area contributed by atoms with Crippen molar-refractivity contribution >= 4 is 27.5 Å². The van der Waals surface area contributed by atoms with Crippen molar-refractivity contribution in [3.63, 3.8) is 0 Å². The number of rotatable bonds is 3. The summed E-state index contributed by atoms with van der Waals surface area (Å²) in [5.74, 6) is -0.0637. The highest BCUT2D eigenvalue weighted by atomic mass is 32.2. The average molecular weight is 422 g/mol. The van der Waals surface area contributed by atoms with Crippen LogP contribution in [0.3, 0.4) is 0 Å². The van der Waals surface area contributed by atoms with Crippen molar-refractivity contribution in [3.05, 3.63) is 23.8 Å². The van der Waals surface area contributed by atoms with Gasteiger partial charge in [-0.25, -0.2) is 8.42 Å². The first-order valence-corrected chi connectivity index (χ1v) is 11.6. The second-order valence-corrected chi connectivity index (χ2v) is 9.73. The molecule has 1 atom stereocenters. The van der Waals surface area contributed by atoms with Gasteiger partial charge in [-0.2, -0.15) is 4.31 Å². The number of carbonyl (C=O) groups excluding carboxylic acids is 2. The molecule has 2 amide bonds. The smallest absolute Gasteiger partial charge is 0.251 e. The minimum Gasteiger partial charge on any atom is -0.368 e. The van der Waals surface area contributed by atoms with E-state index in [0.29, 0.717) is 26.2 Å². The van der Waals surface area contributed by atoms with Gasteiger partial charge in [0.15, 0.2) is 0 Å². The quantitative estimate of drug-likeness (QED) is 0.727. The first-order valence-electron chi connectivity index (χ1n) is 10.2. The zero-order chi connectivity index (χ0) is 20.6. The lowest BCUT2D eigenvalue weighted by atomic mass is 10.0. The molecule has 4 rings (SSSR count). The number of benzene rings is 1. The van der Waals surface area contributed by atoms with Crippen molar-refractivity contribution in [2.24, 2.45) is 0 Å². The molecule has 0 aromatic heterocycles. The minimum atomic E-state index is -3.64. The Kier molecular flexibility index (Phi) is 5.63. The Hall–Kier alpha value is -1.97. The fourth-order valence-corrected chi connectivity index (χ4v) is 5.81. The van der Waals surface area contributed by atoms with Crippen LogP contribution in [0, 0.1) is 0 Å². The second-order valence-electron chi connectivity index (χ2n) is 7.80. The molecule has 3 aliphatic rings. The molecule has 1 aromatic carbocycles. The predicted molar refractivity (Wildman–Crippen MR) is 107 cm³/mol. The Balaban J connectivity index is 1.47. The maximum atomic E-state index is 13.1. The third-order valence-electron chi connectivity index (χ3n) is 5.94. The van der Waals surface area contributed by atoms with Crippen LogP contribution in [-0.4, -0.2) is 74.9 Å². The van der Waals surface area contributed by atoms with Crippen molar-refractivity contribution in [3.8, 4) is 0 Å². The zero-order valence-corrected chi connectivity index (χ0v) is 17.5. The lowest BCUT2D eigenvalue weighted by molar-refractivity contribution is -0.142. The van der Waals surface area contributed by atoms with Crippen molar-refractivity contribution in [2.75, 3.05) is 44.2 Å². The number of fused-ring (bicyclic) bond motifs is 1. The summed E-state index contributed by atoms with van der Waals surface area (Å²) >= 11 is 0. The number of piperazine rings is 1. The second kappa shape index (κ2) is 8.04. The Morgan fingerprint density at radius 3 is 2.48 bits per heavy atom. The van der Waals surface area contributed by atoms with E-state index in [2.05, 4.69) is 0 Å². The normalized spacial score (nSPS) is 23.1. The van der Waals surface area contributed by atoms with Gasteiger partial charge in [-0.3, -0.25) is 9.59 Å². The molecule has 0 spiro atoms. The highest BCUT2D eigenvalue weighted by molar-refractivity contribution is 7.89. The summed E-state index contributed by atoms with van der Waals surface area (Å²) < 4.78 is 33.2. The van der Waals surface area contributed by atoms with E-state index in [9.17, 15) is 18.0 Å². The number of sulfonamides is 1. The largest absolute Gasteiger partial charge is 0.368 e. The van der Waals surface area contributed by atoms with Gasteiger partial charge in [-0.15, -0.1) is 0 Å². The third kappa shape index (κ3) is 3.91. The highest BCUT2D eigenvalue weighted by Crippen LogP contribution is 2.31. The molecular formula is C20H27N3O5S. The van der Waals surface area contributed by atoms with Crippen LogP contribution in [0.25, 0.3) is 0 Å². The Labute approximate surface area is 171 Å². The topological polar surface area (TPSA) is 87.2 Å². The molecule has 2 saturated heterocycles. The van der Waals surface area contributed by atoms with Gasteiger partial charge in [0.1, 0.15) is 6.10 Å². The summed E-state index contributed by atoms with van der Waals surface area (Å²) in [6.45, 7) is 4.10. The van der Waals surface area contributed by atoms with Crippen molar-refractivity contribution in [1.29, 1.82) is 0 Å². The fourth-order valence-electron chi connectivity index (χ4n) is 4.34. The number of hydrogen-bond acceptors (Lipinski definition) is 5. The molecular weight excluding hydrogens is 394 g/mol. The van der Waals surface area contributed by atoms with Gasteiger partial charge < -0.3 is 14.5 Å². The molecule has 1 unspecified atom stereocenters. The molecule has 2 fully saturated rings. The number of aryl methyl sites for hydroxylation is 1. The highest BCUT2D eigenvalue weighted by Gasteiger charge is 2.34. The van der Waals surface area contributed by atoms with E-state index < -0.39 is 10.0 Å². The van der Waals surface area contributed by atoms with Gasteiger partial charge in [0.25, 0.3) is 5.91 Å². The number of carbonyl (C=O) groups is 2. The lowest BCUT2D eigenvalue weighted by Crippen LogP contribution is -2.52. The summed E-state index contributed by atoms with van der Waals surface area (Å²) in [4.78, 5) is 28.0. The predicted octanol–water partition coefficient (Wildman–Crippen LogP) is 0.998. The molecule has 9 heteroatoms. The summed E-state index contributed by atoms with van der Waals surface area (Å²) in [6.07, 6.45) is 2.84. The van der Waals surface area contributed by atoms with Crippen LogP contribution >= 0.6 is 0 Å². The zero-order valence-electron chi connectivity index (χ0n) is 16.7. The summed E-state index contributed by atoms with van der Waals surface area (Å²) in [5.41, 5.74) is 1.69. The van der Waals surface area contributed by atoms with Crippen molar-refractivity contribution in [1.82, 2.24) is 9.21 Å². The Morgan fingerprint density at radius 1 is 1.07 bits per heavy atom. The standard InChI is InChI=1S/C20H27N3O5S/c1-15(24)23-8-2-4-16-14-17(6-7-18(16)23)29(26,27)22-11-9-21(10-12-22)20(25)19-5-3-13-28-19/h6-7,14,19H,2-5,8-13H2,1H3. The molecule has 0 radical (unpaired) electrons. The Bertz CT molecular complexity index is 903. The van der Waals surface area contributed by atoms with E-state index >= 15 is 0 Å². The molecule has 0 N–H and O–H groups in total. The number of amides is 2. The molecule has 1 aromatic rings. The van der Waals surface area contributed by atoms with E-state index in [-0.39, 0.29) is 35.9 Å². The molecule has 8 nitrogen and oxygen atoms in total. The Morgan fingerprint density at radius 2 is 1.83 bits per heavy atom. The average Bonchev–Trinajstić information content (AvgIpc) is 3.27. The maximum absolute atomic E-state index is 13.1. The molecule has 29 heavy (non-hydrogen) atoms. The van der Waals surface area contributed by atoms with Crippen LogP contribution < -0.4 is 4.90 Å². The SMILES string of the molecule is CC(=O)N1CCCc2cc(S(=O)(=O)N3CCN(C(=O)C4CCCO4)CC3)ccc21. The van der Waals surface area contributed by atoms with Crippen LogP contribution in [0.5, 0.6) is 0 Å². The van der Waals surface area contributed by atoms with Gasteiger partial charge in [0.05, 0.1) is 4.90 Å². The number of anilines is 1. The number of nitrogens with zero attached hydrogens (tertiary/aromatic N) is 3.